The number of carbonyl (C=O) groups is 1. The summed E-state index contributed by atoms with van der Waals surface area (Å²) < 4.78 is 0. The predicted molar refractivity (Wildman–Crippen MR) is 86.5 cm³/mol. The Balaban J connectivity index is 1.93. The highest BCUT2D eigenvalue weighted by molar-refractivity contribution is 5.87. The minimum absolute atomic E-state index is 0.153. The monoisotopic (exact) mass is 308 g/mol. The lowest BCUT2D eigenvalue weighted by molar-refractivity contribution is -0.139. The van der Waals surface area contributed by atoms with Crippen LogP contribution in [0.4, 0.5) is 0 Å². The van der Waals surface area contributed by atoms with Crippen LogP contribution in [-0.4, -0.2) is 27.2 Å². The molecule has 4 rings (SSSR count). The van der Waals surface area contributed by atoms with Crippen LogP contribution in [0.15, 0.2) is 48.5 Å². The Kier molecular flexibility index (Phi) is 3.09. The molecule has 0 fully saturated rings. The fourth-order valence-corrected chi connectivity index (χ4v) is 3.37. The lowest BCUT2D eigenvalue weighted by Gasteiger charge is -2.29. The van der Waals surface area contributed by atoms with Gasteiger partial charge in [0.05, 0.1) is 6.04 Å². The Hall–Kier alpha value is -2.79. The number of hydrogen-bond donors (Lipinski definition) is 4. The molecular weight excluding hydrogens is 292 g/mol. The molecule has 0 unspecified atom stereocenters. The smallest absolute Gasteiger partial charge is 0.321 e. The van der Waals surface area contributed by atoms with E-state index in [4.69, 9.17) is 0 Å². The van der Waals surface area contributed by atoms with Crippen LogP contribution in [0.1, 0.15) is 22.9 Å². The minimum Gasteiger partial charge on any atom is -0.508 e. The number of carboxylic acids is 1. The van der Waals surface area contributed by atoms with Crippen molar-refractivity contribution in [2.75, 3.05) is 0 Å². The molecule has 5 heteroatoms. The third kappa shape index (κ3) is 2.17. The van der Waals surface area contributed by atoms with Gasteiger partial charge in [0.25, 0.3) is 0 Å². The van der Waals surface area contributed by atoms with Crippen LogP contribution in [0.2, 0.25) is 0 Å². The molecule has 0 aliphatic carbocycles. The van der Waals surface area contributed by atoms with Gasteiger partial charge in [-0.25, -0.2) is 0 Å². The van der Waals surface area contributed by atoms with E-state index in [2.05, 4.69) is 10.3 Å². The Labute approximate surface area is 132 Å². The number of benzene rings is 2. The van der Waals surface area contributed by atoms with Crippen molar-refractivity contribution in [2.45, 2.75) is 18.5 Å². The van der Waals surface area contributed by atoms with Gasteiger partial charge in [0.1, 0.15) is 11.8 Å². The van der Waals surface area contributed by atoms with E-state index in [1.807, 2.05) is 36.4 Å². The molecule has 0 spiro atoms. The van der Waals surface area contributed by atoms with E-state index in [0.29, 0.717) is 12.0 Å². The molecule has 0 saturated carbocycles. The zero-order chi connectivity index (χ0) is 16.0. The van der Waals surface area contributed by atoms with Gasteiger partial charge in [-0.15, -0.1) is 0 Å². The maximum Gasteiger partial charge on any atom is 0.321 e. The first-order valence-corrected chi connectivity index (χ1v) is 7.51. The van der Waals surface area contributed by atoms with Crippen molar-refractivity contribution >= 4 is 16.9 Å². The molecule has 3 aromatic rings. The Bertz CT molecular complexity index is 900. The molecule has 1 aliphatic rings. The molecule has 5 nitrogen and oxygen atoms in total. The summed E-state index contributed by atoms with van der Waals surface area (Å²) >= 11 is 0. The summed E-state index contributed by atoms with van der Waals surface area (Å²) in [5.74, 6) is -0.734. The molecule has 0 bridgehead atoms. The summed E-state index contributed by atoms with van der Waals surface area (Å²) in [4.78, 5) is 14.9. The number of fused-ring (bicyclic) bond motifs is 3. The van der Waals surface area contributed by atoms with Crippen LogP contribution < -0.4 is 5.32 Å². The van der Waals surface area contributed by atoms with E-state index in [-0.39, 0.29) is 11.8 Å². The van der Waals surface area contributed by atoms with E-state index >= 15 is 0 Å². The van der Waals surface area contributed by atoms with Gasteiger partial charge in [0.15, 0.2) is 0 Å². The lowest BCUT2D eigenvalue weighted by atomic mass is 9.90. The molecule has 116 valence electrons. The van der Waals surface area contributed by atoms with Crippen LogP contribution in [0, 0.1) is 0 Å². The molecule has 4 N–H and O–H groups in total. The second kappa shape index (κ2) is 5.14. The number of aromatic nitrogens is 1. The van der Waals surface area contributed by atoms with Crippen molar-refractivity contribution in [2.24, 2.45) is 0 Å². The molecule has 0 amide bonds. The van der Waals surface area contributed by atoms with E-state index < -0.39 is 12.0 Å². The van der Waals surface area contributed by atoms with Gasteiger partial charge in [0.2, 0.25) is 0 Å². The fraction of sp³-hybridized carbons (Fsp3) is 0.167. The summed E-state index contributed by atoms with van der Waals surface area (Å²) in [5, 5.41) is 23.8. The standard InChI is InChI=1S/C18H16N2O3/c21-15-8-4-2-6-11(15)16-17-12(9-14(20-16)18(22)23)10-5-1-3-7-13(10)19-17/h1-8,14,16,19-21H,9H2,(H,22,23)/t14-,16+/m1/s1. The van der Waals surface area contributed by atoms with Crippen molar-refractivity contribution in [1.29, 1.82) is 0 Å². The summed E-state index contributed by atoms with van der Waals surface area (Å²) in [6.45, 7) is 0. The molecule has 2 atom stereocenters. The average molecular weight is 308 g/mol. The zero-order valence-electron chi connectivity index (χ0n) is 12.3. The number of carboxylic acid groups (broad SMARTS) is 1. The zero-order valence-corrected chi connectivity index (χ0v) is 12.3. The number of rotatable bonds is 2. The van der Waals surface area contributed by atoms with E-state index in [1.165, 1.54) is 0 Å². The normalized spacial score (nSPS) is 20.3. The number of nitrogens with one attached hydrogen (secondary N) is 2. The highest BCUT2D eigenvalue weighted by Crippen LogP contribution is 2.37. The number of H-pyrrole nitrogens is 1. The Morgan fingerprint density at radius 2 is 1.83 bits per heavy atom. The first-order valence-electron chi connectivity index (χ1n) is 7.51. The van der Waals surface area contributed by atoms with Crippen molar-refractivity contribution in [3.05, 3.63) is 65.4 Å². The van der Waals surface area contributed by atoms with Gasteiger partial charge < -0.3 is 15.2 Å². The quantitative estimate of drug-likeness (QED) is 0.586. The van der Waals surface area contributed by atoms with Crippen LogP contribution in [0.3, 0.4) is 0 Å². The van der Waals surface area contributed by atoms with Gasteiger partial charge in [-0.2, -0.15) is 0 Å². The van der Waals surface area contributed by atoms with Gasteiger partial charge in [-0.1, -0.05) is 36.4 Å². The molecule has 2 heterocycles. The summed E-state index contributed by atoms with van der Waals surface area (Å²) in [7, 11) is 0. The summed E-state index contributed by atoms with van der Waals surface area (Å²) in [5.41, 5.74) is 3.57. The first kappa shape index (κ1) is 13.8. The second-order valence-electron chi connectivity index (χ2n) is 5.82. The van der Waals surface area contributed by atoms with Crippen molar-refractivity contribution in [1.82, 2.24) is 10.3 Å². The van der Waals surface area contributed by atoms with Gasteiger partial charge in [-0.05, 0) is 17.7 Å². The van der Waals surface area contributed by atoms with Crippen LogP contribution in [0.25, 0.3) is 10.9 Å². The highest BCUT2D eigenvalue weighted by Gasteiger charge is 2.34. The van der Waals surface area contributed by atoms with E-state index in [0.717, 1.165) is 22.2 Å². The number of aromatic hydroxyl groups is 1. The summed E-state index contributed by atoms with van der Waals surface area (Å²) in [6, 6.07) is 13.8. The number of phenols is 1. The molecular formula is C18H16N2O3. The number of aliphatic carboxylic acids is 1. The largest absolute Gasteiger partial charge is 0.508 e. The number of phenolic OH excluding ortho intramolecular Hbond substituents is 1. The molecule has 0 saturated heterocycles. The third-order valence-corrected chi connectivity index (χ3v) is 4.46. The maximum absolute atomic E-state index is 11.5. The number of hydrogen-bond acceptors (Lipinski definition) is 3. The maximum atomic E-state index is 11.5. The first-order chi connectivity index (χ1) is 11.1. The van der Waals surface area contributed by atoms with Gasteiger partial charge >= 0.3 is 5.97 Å². The van der Waals surface area contributed by atoms with Crippen molar-refractivity contribution < 1.29 is 15.0 Å². The second-order valence-corrected chi connectivity index (χ2v) is 5.82. The van der Waals surface area contributed by atoms with Gasteiger partial charge in [0, 0.05) is 28.6 Å². The lowest BCUT2D eigenvalue weighted by Crippen LogP contribution is -2.44. The van der Waals surface area contributed by atoms with Crippen LogP contribution in [0.5, 0.6) is 5.75 Å². The highest BCUT2D eigenvalue weighted by atomic mass is 16.4. The van der Waals surface area contributed by atoms with Crippen LogP contribution >= 0.6 is 0 Å². The fourth-order valence-electron chi connectivity index (χ4n) is 3.37. The SMILES string of the molecule is O=C(O)[C@H]1Cc2c([nH]c3ccccc23)[C@H](c2ccccc2O)N1. The average Bonchev–Trinajstić information content (AvgIpc) is 2.93. The topological polar surface area (TPSA) is 85.3 Å². The molecule has 0 radical (unpaired) electrons. The van der Waals surface area contributed by atoms with Crippen molar-refractivity contribution in [3.63, 3.8) is 0 Å². The van der Waals surface area contributed by atoms with E-state index in [1.54, 1.807) is 12.1 Å². The minimum atomic E-state index is -0.888. The van der Waals surface area contributed by atoms with E-state index in [9.17, 15) is 15.0 Å². The van der Waals surface area contributed by atoms with Crippen LogP contribution in [-0.2, 0) is 11.2 Å². The van der Waals surface area contributed by atoms with Crippen molar-refractivity contribution in [3.8, 4) is 5.75 Å². The Morgan fingerprint density at radius 1 is 1.09 bits per heavy atom. The molecule has 1 aromatic heterocycles. The Morgan fingerprint density at radius 3 is 2.61 bits per heavy atom. The molecule has 1 aliphatic heterocycles. The number of aromatic amines is 1. The summed E-state index contributed by atoms with van der Waals surface area (Å²) in [6.07, 6.45) is 0.415. The predicted octanol–water partition coefficient (Wildman–Crippen LogP) is 2.56. The van der Waals surface area contributed by atoms with Gasteiger partial charge in [-0.3, -0.25) is 10.1 Å². The molecule has 23 heavy (non-hydrogen) atoms. The number of para-hydroxylation sites is 2. The third-order valence-electron chi connectivity index (χ3n) is 4.46. The molecule has 2 aromatic carbocycles.